The van der Waals surface area contributed by atoms with E-state index in [9.17, 15) is 0 Å². The van der Waals surface area contributed by atoms with Crippen molar-refractivity contribution in [2.75, 3.05) is 9.80 Å². The molecule has 2 heteroatoms. The summed E-state index contributed by atoms with van der Waals surface area (Å²) in [4.78, 5) is 5.13. The summed E-state index contributed by atoms with van der Waals surface area (Å²) in [6.07, 6.45) is 18.3. The Bertz CT molecular complexity index is 3150. The van der Waals surface area contributed by atoms with Crippen LogP contribution in [0.4, 0.5) is 22.7 Å². The van der Waals surface area contributed by atoms with E-state index < -0.39 is 0 Å². The van der Waals surface area contributed by atoms with E-state index in [0.717, 1.165) is 51.4 Å². The maximum atomic E-state index is 2.56. The normalized spacial score (nSPS) is 16.1. The van der Waals surface area contributed by atoms with Crippen LogP contribution in [0.1, 0.15) is 49.7 Å². The summed E-state index contributed by atoms with van der Waals surface area (Å²) in [5, 5.41) is 7.60. The molecule has 0 spiro atoms. The lowest BCUT2D eigenvalue weighted by Gasteiger charge is -2.31. The summed E-state index contributed by atoms with van der Waals surface area (Å²) in [5.74, 6) is 0. The molecule has 0 saturated carbocycles. The van der Waals surface area contributed by atoms with Gasteiger partial charge in [0.2, 0.25) is 0 Å². The third-order valence-corrected chi connectivity index (χ3v) is 13.6. The van der Waals surface area contributed by atoms with Gasteiger partial charge in [0.1, 0.15) is 0 Å². The Labute approximate surface area is 352 Å². The fraction of sp³-hybridized carbons (Fsp3) is 0.138. The average molecular weight is 771 g/mol. The van der Waals surface area contributed by atoms with E-state index in [0.29, 0.717) is 0 Å². The highest BCUT2D eigenvalue weighted by Gasteiger charge is 2.28. The molecule has 0 aromatic heterocycles. The van der Waals surface area contributed by atoms with Crippen LogP contribution >= 0.6 is 0 Å². The van der Waals surface area contributed by atoms with Crippen molar-refractivity contribution in [3.05, 3.63) is 216 Å². The summed E-state index contributed by atoms with van der Waals surface area (Å²) in [5.41, 5.74) is 18.7. The Balaban J connectivity index is 1.20. The molecule has 0 radical (unpaired) electrons. The maximum absolute atomic E-state index is 2.56. The molecule has 0 saturated heterocycles. The minimum atomic E-state index is 1.06. The highest BCUT2D eigenvalue weighted by Crippen LogP contribution is 2.50. The van der Waals surface area contributed by atoms with Crippen molar-refractivity contribution in [1.29, 1.82) is 0 Å². The summed E-state index contributed by atoms with van der Waals surface area (Å²) in [6, 6.07) is 59.6. The molecule has 8 aromatic rings. The van der Waals surface area contributed by atoms with E-state index in [-0.39, 0.29) is 0 Å². The van der Waals surface area contributed by atoms with Crippen molar-refractivity contribution in [2.45, 2.75) is 51.4 Å². The number of anilines is 4. The van der Waals surface area contributed by atoms with Crippen molar-refractivity contribution in [3.8, 4) is 22.3 Å². The summed E-state index contributed by atoms with van der Waals surface area (Å²) in [7, 11) is 0. The quantitative estimate of drug-likeness (QED) is 0.164. The molecule has 2 aliphatic carbocycles. The Kier molecular flexibility index (Phi) is 8.44. The molecule has 0 bridgehead atoms. The van der Waals surface area contributed by atoms with Crippen LogP contribution in [0.25, 0.3) is 54.6 Å². The molecule has 0 fully saturated rings. The molecule has 60 heavy (non-hydrogen) atoms. The van der Waals surface area contributed by atoms with Gasteiger partial charge in [-0.25, -0.2) is 0 Å². The second-order valence-corrected chi connectivity index (χ2v) is 16.9. The Hall–Kier alpha value is -6.90. The van der Waals surface area contributed by atoms with Crippen LogP contribution in [0, 0.1) is 0 Å². The first-order valence-electron chi connectivity index (χ1n) is 21.9. The van der Waals surface area contributed by atoms with Gasteiger partial charge in [0.25, 0.3) is 0 Å². The SMILES string of the molecule is C1=CC2=C(CC1)CCc1ccccc1N2c1ccc2c(-c3cccc4ccccc34)c3cc(N4C5=C(CCC=C5)CCc5ccccc54)ccc3c(-c3ccccc3)c2c1. The first-order valence-corrected chi connectivity index (χ1v) is 21.9. The molecule has 12 rings (SSSR count). The third-order valence-electron chi connectivity index (χ3n) is 13.6. The lowest BCUT2D eigenvalue weighted by molar-refractivity contribution is 0.833. The number of hydrogen-bond acceptors (Lipinski definition) is 2. The second-order valence-electron chi connectivity index (χ2n) is 16.9. The van der Waals surface area contributed by atoms with Gasteiger partial charge in [-0.15, -0.1) is 0 Å². The lowest BCUT2D eigenvalue weighted by Crippen LogP contribution is -2.18. The molecule has 2 aliphatic heterocycles. The zero-order chi connectivity index (χ0) is 39.6. The summed E-state index contributed by atoms with van der Waals surface area (Å²) < 4.78 is 0. The van der Waals surface area contributed by atoms with Crippen LogP contribution in [-0.2, 0) is 12.8 Å². The van der Waals surface area contributed by atoms with E-state index in [1.165, 1.54) is 99.8 Å². The van der Waals surface area contributed by atoms with Crippen molar-refractivity contribution in [1.82, 2.24) is 0 Å². The number of nitrogens with zero attached hydrogens (tertiary/aromatic N) is 2. The second kappa shape index (κ2) is 14.4. The molecule has 0 N–H and O–H groups in total. The number of rotatable bonds is 4. The number of aryl methyl sites for hydroxylation is 2. The van der Waals surface area contributed by atoms with Gasteiger partial charge in [0.05, 0.1) is 0 Å². The van der Waals surface area contributed by atoms with Gasteiger partial charge in [-0.1, -0.05) is 133 Å². The first-order chi connectivity index (χ1) is 29.8. The first kappa shape index (κ1) is 35.1. The molecule has 0 unspecified atom stereocenters. The molecule has 2 heterocycles. The fourth-order valence-electron chi connectivity index (χ4n) is 10.8. The van der Waals surface area contributed by atoms with Gasteiger partial charge in [0.15, 0.2) is 0 Å². The zero-order valence-corrected chi connectivity index (χ0v) is 33.9. The van der Waals surface area contributed by atoms with Gasteiger partial charge in [-0.3, -0.25) is 0 Å². The van der Waals surface area contributed by atoms with Crippen LogP contribution in [0.2, 0.25) is 0 Å². The highest BCUT2D eigenvalue weighted by molar-refractivity contribution is 6.24. The summed E-state index contributed by atoms with van der Waals surface area (Å²) in [6.45, 7) is 0. The average Bonchev–Trinajstić information content (AvgIpc) is 3.59. The monoisotopic (exact) mass is 770 g/mol. The van der Waals surface area contributed by atoms with E-state index in [4.69, 9.17) is 0 Å². The molecule has 2 nitrogen and oxygen atoms in total. The molecule has 0 amide bonds. The topological polar surface area (TPSA) is 6.48 Å². The molecular weight excluding hydrogens is 725 g/mol. The van der Waals surface area contributed by atoms with Crippen LogP contribution < -0.4 is 9.80 Å². The van der Waals surface area contributed by atoms with Crippen LogP contribution in [-0.4, -0.2) is 0 Å². The largest absolute Gasteiger partial charge is 0.310 e. The fourth-order valence-corrected chi connectivity index (χ4v) is 10.8. The van der Waals surface area contributed by atoms with E-state index in [2.05, 4.69) is 192 Å². The van der Waals surface area contributed by atoms with Gasteiger partial charge in [-0.2, -0.15) is 0 Å². The minimum Gasteiger partial charge on any atom is -0.310 e. The molecule has 8 aromatic carbocycles. The number of fused-ring (bicyclic) bond motifs is 5. The van der Waals surface area contributed by atoms with Gasteiger partial charge >= 0.3 is 0 Å². The van der Waals surface area contributed by atoms with E-state index >= 15 is 0 Å². The Morgan fingerprint density at radius 3 is 1.55 bits per heavy atom. The summed E-state index contributed by atoms with van der Waals surface area (Å²) >= 11 is 0. The number of hydrogen-bond donors (Lipinski definition) is 0. The van der Waals surface area contributed by atoms with Crippen LogP contribution in [0.5, 0.6) is 0 Å². The smallest absolute Gasteiger partial charge is 0.0493 e. The van der Waals surface area contributed by atoms with E-state index in [1.54, 1.807) is 11.1 Å². The van der Waals surface area contributed by atoms with Crippen molar-refractivity contribution in [3.63, 3.8) is 0 Å². The van der Waals surface area contributed by atoms with Crippen LogP contribution in [0.3, 0.4) is 0 Å². The van der Waals surface area contributed by atoms with Gasteiger partial charge < -0.3 is 9.80 Å². The number of allylic oxidation sites excluding steroid dienone is 6. The maximum Gasteiger partial charge on any atom is 0.0493 e. The molecule has 4 aliphatic rings. The van der Waals surface area contributed by atoms with Crippen LogP contribution in [0.15, 0.2) is 205 Å². The van der Waals surface area contributed by atoms with Gasteiger partial charge in [-0.05, 0) is 177 Å². The van der Waals surface area contributed by atoms with Crippen molar-refractivity contribution < 1.29 is 0 Å². The minimum absolute atomic E-state index is 1.06. The molecule has 0 atom stereocenters. The lowest BCUT2D eigenvalue weighted by atomic mass is 9.84. The Morgan fingerprint density at radius 2 is 0.900 bits per heavy atom. The van der Waals surface area contributed by atoms with Crippen molar-refractivity contribution in [2.24, 2.45) is 0 Å². The predicted molar refractivity (Wildman–Crippen MR) is 254 cm³/mol. The van der Waals surface area contributed by atoms with Crippen molar-refractivity contribution >= 4 is 55.1 Å². The standard InChI is InChI=1S/C58H46N2/c1-2-20-44(21-3-1)57-49-35-33-46(60-55-27-12-7-18-42(55)31-32-43-19-8-13-28-56(43)60)38-52(49)58(48-24-14-22-39-15-4-9-23-47(39)48)50-36-34-45(37-51(50)57)59-53-25-10-5-16-40(53)29-30-41-17-6-11-26-54(41)59/h1-5,7,9-16,18,20-28,33-38H,6,8,17,19,29-32H2. The third kappa shape index (κ3) is 5.69. The molecular formula is C58H46N2. The van der Waals surface area contributed by atoms with E-state index in [1.807, 2.05) is 0 Å². The Morgan fingerprint density at radius 1 is 0.367 bits per heavy atom. The number of benzene rings is 8. The number of para-hydroxylation sites is 2. The molecule has 288 valence electrons. The highest BCUT2D eigenvalue weighted by atomic mass is 15.2. The van der Waals surface area contributed by atoms with Gasteiger partial charge in [0, 0.05) is 34.1 Å². The zero-order valence-electron chi connectivity index (χ0n) is 33.9. The predicted octanol–water partition coefficient (Wildman–Crippen LogP) is 15.9.